The molecule has 4 heterocycles. The van der Waals surface area contributed by atoms with Crippen molar-refractivity contribution in [1.82, 2.24) is 15.2 Å². The van der Waals surface area contributed by atoms with Gasteiger partial charge in [-0.25, -0.2) is 9.78 Å². The Morgan fingerprint density at radius 2 is 2.08 bits per heavy atom. The zero-order chi connectivity index (χ0) is 27.4. The molecule has 0 aromatic carbocycles. The second-order valence-corrected chi connectivity index (χ2v) is 11.0. The molecule has 4 rings (SSSR count). The summed E-state index contributed by atoms with van der Waals surface area (Å²) in [6.07, 6.45) is 6.97. The first kappa shape index (κ1) is 27.2. The molecular formula is C22H22N7O6S3+. The Morgan fingerprint density at radius 1 is 1.34 bits per heavy atom. The van der Waals surface area contributed by atoms with E-state index in [0.29, 0.717) is 17.1 Å². The smallest absolute Gasteiger partial charge is 0.352 e. The summed E-state index contributed by atoms with van der Waals surface area (Å²) in [6, 6.07) is 2.69. The SMILES string of the molecule is NC(=O)C[n+]1ccc(SC/C=C/C2=C(C(=O)O)N3C(=O)[C@@H](NC(=O)/C(=N\O)c4csc(N)n4)[C@H]3SC2)cc1. The molecular weight excluding hydrogens is 554 g/mol. The van der Waals surface area contributed by atoms with Gasteiger partial charge < -0.3 is 27.1 Å². The summed E-state index contributed by atoms with van der Waals surface area (Å²) in [4.78, 5) is 54.5. The number of hydrogen-bond donors (Lipinski definition) is 5. The second-order valence-electron chi connectivity index (χ2n) is 7.95. The molecule has 2 aliphatic rings. The van der Waals surface area contributed by atoms with Crippen LogP contribution >= 0.6 is 34.9 Å². The monoisotopic (exact) mass is 576 g/mol. The Balaban J connectivity index is 1.39. The van der Waals surface area contributed by atoms with Crippen molar-refractivity contribution >= 4 is 69.4 Å². The summed E-state index contributed by atoms with van der Waals surface area (Å²) in [5.41, 5.74) is 10.7. The number of amides is 3. The fourth-order valence-electron chi connectivity index (χ4n) is 3.75. The molecule has 0 saturated carbocycles. The van der Waals surface area contributed by atoms with Crippen molar-refractivity contribution in [3.63, 3.8) is 0 Å². The predicted molar refractivity (Wildman–Crippen MR) is 140 cm³/mol. The molecule has 13 nitrogen and oxygen atoms in total. The number of anilines is 1. The van der Waals surface area contributed by atoms with Gasteiger partial charge >= 0.3 is 5.97 Å². The van der Waals surface area contributed by atoms with Crippen LogP contribution in [0.4, 0.5) is 5.13 Å². The number of aliphatic carboxylic acids is 1. The minimum absolute atomic E-state index is 0.0594. The number of thiazole rings is 1. The maximum atomic E-state index is 12.9. The number of carbonyl (C=O) groups is 4. The molecule has 0 unspecified atom stereocenters. The van der Waals surface area contributed by atoms with Crippen LogP contribution in [0.25, 0.3) is 0 Å². The van der Waals surface area contributed by atoms with Crippen LogP contribution in [-0.4, -0.2) is 72.5 Å². The van der Waals surface area contributed by atoms with Crippen LogP contribution in [0.5, 0.6) is 0 Å². The van der Waals surface area contributed by atoms with Gasteiger partial charge in [-0.1, -0.05) is 17.3 Å². The number of thioether (sulfide) groups is 2. The Bertz CT molecular complexity index is 1370. The molecule has 2 atom stereocenters. The number of carbonyl (C=O) groups excluding carboxylic acids is 3. The van der Waals surface area contributed by atoms with Crippen LogP contribution in [0, 0.1) is 0 Å². The molecule has 0 aliphatic carbocycles. The summed E-state index contributed by atoms with van der Waals surface area (Å²) < 4.78 is 1.66. The number of allylic oxidation sites excluding steroid dienone is 1. The molecule has 3 amide bonds. The first-order valence-corrected chi connectivity index (χ1v) is 13.8. The fraction of sp³-hybridized carbons (Fsp3) is 0.227. The number of pyridine rings is 1. The lowest BCUT2D eigenvalue weighted by atomic mass is 10.0. The summed E-state index contributed by atoms with van der Waals surface area (Å²) in [5.74, 6) is -2.25. The van der Waals surface area contributed by atoms with Gasteiger partial charge in [-0.2, -0.15) is 4.57 Å². The topological polar surface area (TPSA) is 205 Å². The quantitative estimate of drug-likeness (QED) is 0.0627. The van der Waals surface area contributed by atoms with Gasteiger partial charge in [-0.3, -0.25) is 19.3 Å². The summed E-state index contributed by atoms with van der Waals surface area (Å²) in [6.45, 7) is 0.0898. The highest BCUT2D eigenvalue weighted by Gasteiger charge is 2.54. The molecule has 0 bridgehead atoms. The van der Waals surface area contributed by atoms with Gasteiger partial charge in [0.05, 0.1) is 0 Å². The highest BCUT2D eigenvalue weighted by atomic mass is 32.2. The first-order chi connectivity index (χ1) is 18.2. The van der Waals surface area contributed by atoms with Gasteiger partial charge in [0.25, 0.3) is 17.7 Å². The number of β-lactam (4-membered cyclic amide) rings is 1. The number of nitrogen functional groups attached to an aromatic ring is 1. The Morgan fingerprint density at radius 3 is 2.68 bits per heavy atom. The third-order valence-corrected chi connectivity index (χ3v) is 8.37. The van der Waals surface area contributed by atoms with Crippen LogP contribution in [0.3, 0.4) is 0 Å². The number of oxime groups is 1. The van der Waals surface area contributed by atoms with E-state index in [1.807, 2.05) is 12.1 Å². The van der Waals surface area contributed by atoms with Crippen molar-refractivity contribution in [2.45, 2.75) is 22.9 Å². The van der Waals surface area contributed by atoms with Crippen molar-refractivity contribution < 1.29 is 34.1 Å². The Hall–Kier alpha value is -3.89. The van der Waals surface area contributed by atoms with Crippen LogP contribution in [0.15, 0.2) is 63.4 Å². The fourth-order valence-corrected chi connectivity index (χ4v) is 6.32. The third-order valence-electron chi connectivity index (χ3n) is 5.43. The van der Waals surface area contributed by atoms with E-state index in [-0.39, 0.29) is 23.1 Å². The van der Waals surface area contributed by atoms with Gasteiger partial charge in [0.1, 0.15) is 22.8 Å². The van der Waals surface area contributed by atoms with Crippen molar-refractivity contribution in [3.8, 4) is 0 Å². The summed E-state index contributed by atoms with van der Waals surface area (Å²) in [7, 11) is 0. The normalized spacial score (nSPS) is 19.3. The molecule has 0 spiro atoms. The first-order valence-electron chi connectivity index (χ1n) is 10.9. The Kier molecular flexibility index (Phi) is 8.33. The number of nitrogens with zero attached hydrogens (tertiary/aromatic N) is 4. The number of nitrogens with two attached hydrogens (primary N) is 2. The molecule has 38 heavy (non-hydrogen) atoms. The molecule has 0 radical (unpaired) electrons. The van der Waals surface area contributed by atoms with Gasteiger partial charge in [0, 0.05) is 33.9 Å². The van der Waals surface area contributed by atoms with E-state index in [1.54, 1.807) is 29.1 Å². The van der Waals surface area contributed by atoms with Gasteiger partial charge in [-0.15, -0.1) is 34.9 Å². The van der Waals surface area contributed by atoms with E-state index < -0.39 is 40.8 Å². The lowest BCUT2D eigenvalue weighted by Crippen LogP contribution is -2.71. The summed E-state index contributed by atoms with van der Waals surface area (Å²) in [5, 5.41) is 25.6. The zero-order valence-corrected chi connectivity index (χ0v) is 22.0. The predicted octanol–water partition coefficient (Wildman–Crippen LogP) is -0.236. The van der Waals surface area contributed by atoms with Crippen LogP contribution in [0.1, 0.15) is 5.69 Å². The number of rotatable bonds is 10. The van der Waals surface area contributed by atoms with Crippen molar-refractivity contribution in [2.75, 3.05) is 17.2 Å². The highest BCUT2D eigenvalue weighted by molar-refractivity contribution is 8.00. The number of fused-ring (bicyclic) bond motifs is 1. The van der Waals surface area contributed by atoms with Gasteiger partial charge in [0.15, 0.2) is 23.2 Å². The lowest BCUT2D eigenvalue weighted by Gasteiger charge is -2.49. The zero-order valence-electron chi connectivity index (χ0n) is 19.5. The minimum Gasteiger partial charge on any atom is -0.477 e. The van der Waals surface area contributed by atoms with Crippen molar-refractivity contribution in [2.24, 2.45) is 10.9 Å². The average Bonchev–Trinajstić information content (AvgIpc) is 3.31. The maximum Gasteiger partial charge on any atom is 0.352 e. The van der Waals surface area contributed by atoms with Crippen molar-refractivity contribution in [1.29, 1.82) is 0 Å². The van der Waals surface area contributed by atoms with E-state index in [4.69, 9.17) is 11.5 Å². The van der Waals surface area contributed by atoms with Gasteiger partial charge in [0.2, 0.25) is 6.54 Å². The molecule has 2 aromatic heterocycles. The second kappa shape index (κ2) is 11.7. The number of hydrogen-bond acceptors (Lipinski definition) is 11. The number of carboxylic acids is 1. The molecule has 2 aromatic rings. The van der Waals surface area contributed by atoms with E-state index in [9.17, 15) is 29.5 Å². The van der Waals surface area contributed by atoms with E-state index in [1.165, 1.54) is 28.9 Å². The van der Waals surface area contributed by atoms with E-state index in [0.717, 1.165) is 21.1 Å². The highest BCUT2D eigenvalue weighted by Crippen LogP contribution is 2.40. The van der Waals surface area contributed by atoms with Crippen LogP contribution in [0.2, 0.25) is 0 Å². The number of aromatic nitrogens is 2. The molecule has 198 valence electrons. The third kappa shape index (κ3) is 5.81. The molecule has 7 N–H and O–H groups in total. The summed E-state index contributed by atoms with van der Waals surface area (Å²) >= 11 is 3.88. The molecule has 1 fully saturated rings. The number of carboxylic acid groups (broad SMARTS) is 1. The van der Waals surface area contributed by atoms with Crippen LogP contribution in [-0.2, 0) is 25.7 Å². The number of nitrogens with one attached hydrogen (secondary N) is 1. The number of primary amides is 1. The maximum absolute atomic E-state index is 12.9. The standard InChI is InChI=1S/C22H21N7O6S3/c23-14(30)8-28-5-3-12(4-6-28)36-7-1-2-11-9-37-20-16(19(32)29(20)17(11)21(33)34)26-18(31)15(27-35)13-10-38-22(24)25-13/h1-6,10,16,20H,7-9H2,(H6-,23,24,25,26,30,31,33,34,35)/p+1/b2-1+/t16-,20-/m1/s1. The largest absolute Gasteiger partial charge is 0.477 e. The molecule has 16 heteroatoms. The minimum atomic E-state index is -1.25. The van der Waals surface area contributed by atoms with E-state index >= 15 is 0 Å². The average molecular weight is 577 g/mol. The van der Waals surface area contributed by atoms with Gasteiger partial charge in [-0.05, 0) is 5.57 Å². The molecule has 1 saturated heterocycles. The molecule has 2 aliphatic heterocycles. The Labute approximate surface area is 228 Å². The van der Waals surface area contributed by atoms with Crippen LogP contribution < -0.4 is 21.4 Å². The lowest BCUT2D eigenvalue weighted by molar-refractivity contribution is -0.684. The van der Waals surface area contributed by atoms with Crippen molar-refractivity contribution in [3.05, 3.63) is 59.0 Å². The van der Waals surface area contributed by atoms with E-state index in [2.05, 4.69) is 15.5 Å².